The Morgan fingerprint density at radius 2 is 1.79 bits per heavy atom. The van der Waals surface area contributed by atoms with Crippen LogP contribution in [0.25, 0.3) is 11.1 Å². The van der Waals surface area contributed by atoms with Gasteiger partial charge in [-0.3, -0.25) is 15.1 Å². The maximum atomic E-state index is 12.4. The van der Waals surface area contributed by atoms with Crippen LogP contribution in [0, 0.1) is 0 Å². The largest absolute Gasteiger partial charge is 0.482 e. The van der Waals surface area contributed by atoms with Crippen molar-refractivity contribution in [1.29, 1.82) is 0 Å². The highest BCUT2D eigenvalue weighted by molar-refractivity contribution is 5.79. The summed E-state index contributed by atoms with van der Waals surface area (Å²) in [7, 11) is 0. The summed E-state index contributed by atoms with van der Waals surface area (Å²) >= 11 is 0. The van der Waals surface area contributed by atoms with Crippen molar-refractivity contribution in [3.8, 4) is 16.9 Å². The summed E-state index contributed by atoms with van der Waals surface area (Å²) in [4.78, 5) is 16.6. The quantitative estimate of drug-likeness (QED) is 0.706. The Labute approximate surface area is 170 Å². The number of carbonyl (C=O) groups excluding carboxylic acids is 1. The van der Waals surface area contributed by atoms with Gasteiger partial charge in [0.1, 0.15) is 11.4 Å². The number of amides is 1. The number of carbonyl (C=O) groups is 1. The summed E-state index contributed by atoms with van der Waals surface area (Å²) in [5.41, 5.74) is 3.31. The fourth-order valence-corrected chi connectivity index (χ4v) is 4.64. The van der Waals surface area contributed by atoms with E-state index in [9.17, 15) is 4.79 Å². The van der Waals surface area contributed by atoms with Crippen LogP contribution in [-0.2, 0) is 15.9 Å². The monoisotopic (exact) mass is 385 g/mol. The second-order valence-electron chi connectivity index (χ2n) is 8.03. The number of nitrogens with zero attached hydrogens (tertiary/aromatic N) is 1. The Hall–Kier alpha value is -3.18. The lowest BCUT2D eigenvalue weighted by Gasteiger charge is -2.49. The van der Waals surface area contributed by atoms with E-state index in [1.54, 1.807) is 12.4 Å². The molecule has 1 saturated heterocycles. The van der Waals surface area contributed by atoms with E-state index in [-0.39, 0.29) is 5.91 Å². The summed E-state index contributed by atoms with van der Waals surface area (Å²) in [5, 5.41) is 6.50. The van der Waals surface area contributed by atoms with E-state index in [0.29, 0.717) is 19.5 Å². The summed E-state index contributed by atoms with van der Waals surface area (Å²) in [6.45, 7) is 2.56. The maximum Gasteiger partial charge on any atom is 0.223 e. The van der Waals surface area contributed by atoms with Crippen LogP contribution in [0.5, 0.6) is 5.75 Å². The molecular formula is C24H23N3O2. The third-order valence-electron chi connectivity index (χ3n) is 6.04. The van der Waals surface area contributed by atoms with E-state index >= 15 is 0 Å². The van der Waals surface area contributed by atoms with Crippen LogP contribution >= 0.6 is 0 Å². The number of pyridine rings is 1. The highest BCUT2D eigenvalue weighted by Crippen LogP contribution is 2.50. The SMILES string of the molecule is CC1(c2ccccc2)CC2(CC(=O)NCN2)c2cc(-c3ccncc3)ccc2O1. The number of fused-ring (bicyclic) bond motifs is 2. The zero-order chi connectivity index (χ0) is 19.9. The molecule has 2 aliphatic heterocycles. The molecule has 1 amide bonds. The Bertz CT molecular complexity index is 1050. The lowest BCUT2D eigenvalue weighted by atomic mass is 9.71. The Balaban J connectivity index is 1.66. The van der Waals surface area contributed by atoms with Gasteiger partial charge in [-0.15, -0.1) is 0 Å². The second-order valence-corrected chi connectivity index (χ2v) is 8.03. The van der Waals surface area contributed by atoms with Crippen LogP contribution in [0.4, 0.5) is 0 Å². The van der Waals surface area contributed by atoms with Gasteiger partial charge in [0.05, 0.1) is 12.2 Å². The normalized spacial score (nSPS) is 25.8. The highest BCUT2D eigenvalue weighted by atomic mass is 16.5. The fourth-order valence-electron chi connectivity index (χ4n) is 4.64. The molecule has 0 radical (unpaired) electrons. The standard InChI is InChI=1S/C24H23N3O2/c1-23(19-5-3-2-4-6-19)15-24(14-22(28)26-16-27-24)20-13-18(7-8-21(20)29-23)17-9-11-25-12-10-17/h2-13,27H,14-16H2,1H3,(H,26,28). The molecule has 2 unspecified atom stereocenters. The molecule has 5 heteroatoms. The topological polar surface area (TPSA) is 63.2 Å². The van der Waals surface area contributed by atoms with Crippen molar-refractivity contribution in [2.24, 2.45) is 0 Å². The number of rotatable bonds is 2. The van der Waals surface area contributed by atoms with Gasteiger partial charge in [-0.2, -0.15) is 0 Å². The second kappa shape index (κ2) is 6.71. The molecule has 0 saturated carbocycles. The third-order valence-corrected chi connectivity index (χ3v) is 6.04. The molecule has 2 atom stereocenters. The first kappa shape index (κ1) is 17.9. The molecular weight excluding hydrogens is 362 g/mol. The molecule has 5 nitrogen and oxygen atoms in total. The summed E-state index contributed by atoms with van der Waals surface area (Å²) < 4.78 is 6.58. The van der Waals surface area contributed by atoms with Crippen LogP contribution in [0.1, 0.15) is 30.9 Å². The van der Waals surface area contributed by atoms with Crippen LogP contribution in [0.3, 0.4) is 0 Å². The summed E-state index contributed by atoms with van der Waals surface area (Å²) in [6.07, 6.45) is 4.63. The van der Waals surface area contributed by atoms with Gasteiger partial charge in [-0.1, -0.05) is 36.4 Å². The van der Waals surface area contributed by atoms with Gasteiger partial charge in [0.15, 0.2) is 0 Å². The Morgan fingerprint density at radius 1 is 1.00 bits per heavy atom. The molecule has 29 heavy (non-hydrogen) atoms. The predicted octanol–water partition coefficient (Wildman–Crippen LogP) is 3.71. The molecule has 5 rings (SSSR count). The molecule has 146 valence electrons. The van der Waals surface area contributed by atoms with Crippen molar-refractivity contribution in [3.05, 3.63) is 84.2 Å². The van der Waals surface area contributed by atoms with Crippen molar-refractivity contribution in [2.45, 2.75) is 30.9 Å². The van der Waals surface area contributed by atoms with Crippen molar-refractivity contribution in [3.63, 3.8) is 0 Å². The van der Waals surface area contributed by atoms with Gasteiger partial charge in [0.25, 0.3) is 0 Å². The van der Waals surface area contributed by atoms with Gasteiger partial charge >= 0.3 is 0 Å². The first-order valence-corrected chi connectivity index (χ1v) is 9.89. The van der Waals surface area contributed by atoms with E-state index in [2.05, 4.69) is 46.8 Å². The highest BCUT2D eigenvalue weighted by Gasteiger charge is 2.50. The van der Waals surface area contributed by atoms with Crippen LogP contribution < -0.4 is 15.4 Å². The van der Waals surface area contributed by atoms with E-state index < -0.39 is 11.1 Å². The molecule has 2 aromatic carbocycles. The third kappa shape index (κ3) is 3.08. The van der Waals surface area contributed by atoms with Crippen molar-refractivity contribution >= 4 is 5.91 Å². The van der Waals surface area contributed by atoms with Crippen molar-refractivity contribution in [2.75, 3.05) is 6.67 Å². The van der Waals surface area contributed by atoms with Gasteiger partial charge in [-0.05, 0) is 47.9 Å². The van der Waals surface area contributed by atoms with E-state index in [1.165, 1.54) is 0 Å². The number of ether oxygens (including phenoxy) is 1. The van der Waals surface area contributed by atoms with E-state index in [1.807, 2.05) is 36.4 Å². The molecule has 2 aliphatic rings. The van der Waals surface area contributed by atoms with Crippen LogP contribution in [-0.4, -0.2) is 17.6 Å². The van der Waals surface area contributed by atoms with Crippen LogP contribution in [0.15, 0.2) is 73.1 Å². The minimum atomic E-state index is -0.531. The molecule has 3 aromatic rings. The smallest absolute Gasteiger partial charge is 0.223 e. The summed E-state index contributed by atoms with van der Waals surface area (Å²) in [5.74, 6) is 0.879. The first-order valence-electron chi connectivity index (χ1n) is 9.89. The average molecular weight is 385 g/mol. The zero-order valence-electron chi connectivity index (χ0n) is 16.3. The first-order chi connectivity index (χ1) is 14.1. The minimum Gasteiger partial charge on any atom is -0.482 e. The van der Waals surface area contributed by atoms with Gasteiger partial charge in [0, 0.05) is 30.8 Å². The molecule has 1 fully saturated rings. The fraction of sp³-hybridized carbons (Fsp3) is 0.250. The average Bonchev–Trinajstić information content (AvgIpc) is 2.75. The van der Waals surface area contributed by atoms with Crippen molar-refractivity contribution < 1.29 is 9.53 Å². The molecule has 0 aliphatic carbocycles. The van der Waals surface area contributed by atoms with Gasteiger partial charge in [0.2, 0.25) is 5.91 Å². The molecule has 1 spiro atoms. The van der Waals surface area contributed by atoms with Gasteiger partial charge in [-0.25, -0.2) is 0 Å². The molecule has 3 heterocycles. The predicted molar refractivity (Wildman–Crippen MR) is 111 cm³/mol. The Kier molecular flexibility index (Phi) is 4.14. The van der Waals surface area contributed by atoms with Crippen LogP contribution in [0.2, 0.25) is 0 Å². The number of benzene rings is 2. The Morgan fingerprint density at radius 3 is 2.55 bits per heavy atom. The number of nitrogens with one attached hydrogen (secondary N) is 2. The van der Waals surface area contributed by atoms with Gasteiger partial charge < -0.3 is 10.1 Å². The molecule has 1 aromatic heterocycles. The zero-order valence-corrected chi connectivity index (χ0v) is 16.3. The minimum absolute atomic E-state index is 0.0568. The summed E-state index contributed by atoms with van der Waals surface area (Å²) in [6, 6.07) is 20.5. The van der Waals surface area contributed by atoms with Crippen molar-refractivity contribution in [1.82, 2.24) is 15.6 Å². The lowest BCUT2D eigenvalue weighted by Crippen LogP contribution is -2.60. The van der Waals surface area contributed by atoms with E-state index in [4.69, 9.17) is 4.74 Å². The lowest BCUT2D eigenvalue weighted by molar-refractivity contribution is -0.126. The van der Waals surface area contributed by atoms with E-state index in [0.717, 1.165) is 28.0 Å². The number of hydrogen-bond acceptors (Lipinski definition) is 4. The number of hydrogen-bond donors (Lipinski definition) is 2. The number of aromatic nitrogens is 1. The molecule has 0 bridgehead atoms. The molecule has 2 N–H and O–H groups in total. The maximum absolute atomic E-state index is 12.4.